The molecule has 2 N–H and O–H groups in total. The number of anilines is 1. The first-order chi connectivity index (χ1) is 9.11. The summed E-state index contributed by atoms with van der Waals surface area (Å²) < 4.78 is 6.36. The van der Waals surface area contributed by atoms with Gasteiger partial charge in [-0.1, -0.05) is 0 Å². The lowest BCUT2D eigenvalue weighted by molar-refractivity contribution is 0.0596. The molecule has 100 valence electrons. The van der Waals surface area contributed by atoms with Gasteiger partial charge in [0.05, 0.1) is 12.8 Å². The van der Waals surface area contributed by atoms with Crippen LogP contribution in [0.4, 0.5) is 5.82 Å². The largest absolute Gasteiger partial charge is 0.464 e. The van der Waals surface area contributed by atoms with E-state index in [1.54, 1.807) is 11.5 Å². The molecular formula is C12H14N4O2S. The summed E-state index contributed by atoms with van der Waals surface area (Å²) in [5, 5.41) is 2.79. The number of hydrogen-bond acceptors (Lipinski definition) is 6. The molecule has 0 radical (unpaired) electrons. The van der Waals surface area contributed by atoms with E-state index in [0.29, 0.717) is 11.7 Å². The number of nitrogen functional groups attached to an aromatic ring is 1. The predicted octanol–water partition coefficient (Wildman–Crippen LogP) is 1.88. The van der Waals surface area contributed by atoms with Gasteiger partial charge < -0.3 is 10.5 Å². The molecule has 0 aliphatic heterocycles. The van der Waals surface area contributed by atoms with Gasteiger partial charge in [-0.3, -0.25) is 4.57 Å². The minimum Gasteiger partial charge on any atom is -0.464 e. The molecule has 0 bridgehead atoms. The first-order valence-corrected chi connectivity index (χ1v) is 6.88. The number of esters is 1. The van der Waals surface area contributed by atoms with E-state index in [0.717, 1.165) is 10.8 Å². The molecule has 0 saturated heterocycles. The maximum Gasteiger partial charge on any atom is 0.360 e. The topological polar surface area (TPSA) is 83.0 Å². The maximum atomic E-state index is 11.6. The average Bonchev–Trinajstić information content (AvgIpc) is 3.07. The number of carbonyl (C=O) groups excluding carboxylic acids is 1. The molecule has 6 nitrogen and oxygen atoms in total. The van der Waals surface area contributed by atoms with Crippen molar-refractivity contribution in [1.29, 1.82) is 0 Å². The number of imidazole rings is 1. The second kappa shape index (κ2) is 4.34. The number of aryl methyl sites for hydroxylation is 1. The fraction of sp³-hybridized carbons (Fsp3) is 0.417. The van der Waals surface area contributed by atoms with Crippen LogP contribution in [0.15, 0.2) is 5.38 Å². The number of aromatic nitrogens is 3. The molecular weight excluding hydrogens is 264 g/mol. The van der Waals surface area contributed by atoms with Gasteiger partial charge in [0, 0.05) is 11.3 Å². The highest BCUT2D eigenvalue weighted by Crippen LogP contribution is 2.41. The Kier molecular flexibility index (Phi) is 2.78. The molecule has 0 aromatic carbocycles. The van der Waals surface area contributed by atoms with E-state index in [1.165, 1.54) is 31.3 Å². The lowest BCUT2D eigenvalue weighted by atomic mass is 10.3. The van der Waals surface area contributed by atoms with Crippen molar-refractivity contribution in [1.82, 2.24) is 14.5 Å². The van der Waals surface area contributed by atoms with Crippen LogP contribution in [0.25, 0.3) is 5.13 Å². The van der Waals surface area contributed by atoms with Gasteiger partial charge in [0.1, 0.15) is 11.6 Å². The highest BCUT2D eigenvalue weighted by Gasteiger charge is 2.27. The fourth-order valence-corrected chi connectivity index (χ4v) is 2.95. The summed E-state index contributed by atoms with van der Waals surface area (Å²) >= 11 is 1.51. The molecule has 1 aliphatic rings. The summed E-state index contributed by atoms with van der Waals surface area (Å²) in [4.78, 5) is 20.3. The monoisotopic (exact) mass is 278 g/mol. The normalized spacial score (nSPS) is 14.6. The zero-order valence-corrected chi connectivity index (χ0v) is 11.5. The van der Waals surface area contributed by atoms with Crippen LogP contribution < -0.4 is 5.73 Å². The summed E-state index contributed by atoms with van der Waals surface area (Å²) in [6.45, 7) is 1.79. The van der Waals surface area contributed by atoms with Crippen LogP contribution in [-0.4, -0.2) is 27.6 Å². The highest BCUT2D eigenvalue weighted by molar-refractivity contribution is 7.12. The molecule has 1 aliphatic carbocycles. The first kappa shape index (κ1) is 12.2. The summed E-state index contributed by atoms with van der Waals surface area (Å²) in [5.41, 5.74) is 7.23. The molecule has 0 spiro atoms. The molecule has 2 heterocycles. The van der Waals surface area contributed by atoms with Crippen molar-refractivity contribution in [2.75, 3.05) is 12.8 Å². The molecule has 2 aromatic heterocycles. The second-order valence-electron chi connectivity index (χ2n) is 4.55. The Morgan fingerprint density at radius 3 is 2.89 bits per heavy atom. The molecule has 1 saturated carbocycles. The molecule has 7 heteroatoms. The molecule has 0 amide bonds. The molecule has 19 heavy (non-hydrogen) atoms. The van der Waals surface area contributed by atoms with E-state index in [9.17, 15) is 4.79 Å². The Bertz CT molecular complexity index is 642. The predicted molar refractivity (Wildman–Crippen MR) is 71.7 cm³/mol. The SMILES string of the molecule is COC(=O)c1nc(C)n(-c2nc(C3CC3)cs2)c1N. The zero-order chi connectivity index (χ0) is 13.6. The van der Waals surface area contributed by atoms with Crippen molar-refractivity contribution in [3.63, 3.8) is 0 Å². The second-order valence-corrected chi connectivity index (χ2v) is 5.39. The Balaban J connectivity index is 2.03. The Morgan fingerprint density at radius 1 is 1.53 bits per heavy atom. The van der Waals surface area contributed by atoms with Gasteiger partial charge in [-0.05, 0) is 19.8 Å². The van der Waals surface area contributed by atoms with Crippen molar-refractivity contribution in [3.8, 4) is 5.13 Å². The minimum atomic E-state index is -0.529. The van der Waals surface area contributed by atoms with Crippen molar-refractivity contribution < 1.29 is 9.53 Å². The van der Waals surface area contributed by atoms with Gasteiger partial charge >= 0.3 is 5.97 Å². The molecule has 1 fully saturated rings. The number of thiazole rings is 1. The summed E-state index contributed by atoms with van der Waals surface area (Å²) in [6, 6.07) is 0. The number of methoxy groups -OCH3 is 1. The van der Waals surface area contributed by atoms with Crippen molar-refractivity contribution in [2.24, 2.45) is 0 Å². The van der Waals surface area contributed by atoms with E-state index in [4.69, 9.17) is 5.73 Å². The number of rotatable bonds is 3. The number of nitrogens with two attached hydrogens (primary N) is 1. The molecule has 3 rings (SSSR count). The lowest BCUT2D eigenvalue weighted by Crippen LogP contribution is -2.07. The fourth-order valence-electron chi connectivity index (χ4n) is 1.98. The smallest absolute Gasteiger partial charge is 0.360 e. The third-order valence-electron chi connectivity index (χ3n) is 3.16. The van der Waals surface area contributed by atoms with Crippen LogP contribution in [0.1, 0.15) is 40.8 Å². The molecule has 0 unspecified atom stereocenters. The van der Waals surface area contributed by atoms with E-state index in [-0.39, 0.29) is 11.5 Å². The summed E-state index contributed by atoms with van der Waals surface area (Å²) in [7, 11) is 1.31. The number of nitrogens with zero attached hydrogens (tertiary/aromatic N) is 3. The van der Waals surface area contributed by atoms with Gasteiger partial charge in [0.2, 0.25) is 0 Å². The number of carbonyl (C=O) groups is 1. The van der Waals surface area contributed by atoms with E-state index < -0.39 is 5.97 Å². The third-order valence-corrected chi connectivity index (χ3v) is 4.00. The Labute approximate surface area is 114 Å². The highest BCUT2D eigenvalue weighted by atomic mass is 32.1. The van der Waals surface area contributed by atoms with Crippen LogP contribution in [0.3, 0.4) is 0 Å². The van der Waals surface area contributed by atoms with E-state index in [1.807, 2.05) is 5.38 Å². The third kappa shape index (κ3) is 1.99. The van der Waals surface area contributed by atoms with Crippen LogP contribution in [0, 0.1) is 6.92 Å². The van der Waals surface area contributed by atoms with Crippen molar-refractivity contribution in [2.45, 2.75) is 25.7 Å². The van der Waals surface area contributed by atoms with Crippen LogP contribution in [0.5, 0.6) is 0 Å². The zero-order valence-electron chi connectivity index (χ0n) is 10.7. The minimum absolute atomic E-state index is 0.142. The number of hydrogen-bond donors (Lipinski definition) is 1. The van der Waals surface area contributed by atoms with Crippen LogP contribution in [0.2, 0.25) is 0 Å². The standard InChI is InChI=1S/C12H14N4O2S/c1-6-14-9(11(17)18-2)10(13)16(6)12-15-8(5-19-12)7-3-4-7/h5,7H,3-4,13H2,1-2H3. The van der Waals surface area contributed by atoms with E-state index in [2.05, 4.69) is 14.7 Å². The number of ether oxygens (including phenoxy) is 1. The van der Waals surface area contributed by atoms with Gasteiger partial charge in [0.25, 0.3) is 0 Å². The van der Waals surface area contributed by atoms with Crippen LogP contribution in [-0.2, 0) is 4.74 Å². The summed E-state index contributed by atoms with van der Waals surface area (Å²) in [6.07, 6.45) is 2.41. The quantitative estimate of drug-likeness (QED) is 0.867. The van der Waals surface area contributed by atoms with Gasteiger partial charge in [0.15, 0.2) is 10.8 Å². The Hall–Kier alpha value is -1.89. The molecule has 0 atom stereocenters. The van der Waals surface area contributed by atoms with Gasteiger partial charge in [-0.2, -0.15) is 0 Å². The lowest BCUT2D eigenvalue weighted by Gasteiger charge is -2.02. The first-order valence-electron chi connectivity index (χ1n) is 6.00. The average molecular weight is 278 g/mol. The van der Waals surface area contributed by atoms with Crippen molar-refractivity contribution >= 4 is 23.1 Å². The van der Waals surface area contributed by atoms with Gasteiger partial charge in [-0.25, -0.2) is 14.8 Å². The van der Waals surface area contributed by atoms with Crippen molar-refractivity contribution in [3.05, 3.63) is 22.6 Å². The summed E-state index contributed by atoms with van der Waals surface area (Å²) in [5.74, 6) is 0.976. The molecule has 2 aromatic rings. The van der Waals surface area contributed by atoms with Crippen LogP contribution >= 0.6 is 11.3 Å². The maximum absolute atomic E-state index is 11.6. The van der Waals surface area contributed by atoms with E-state index >= 15 is 0 Å². The Morgan fingerprint density at radius 2 is 2.26 bits per heavy atom. The van der Waals surface area contributed by atoms with Gasteiger partial charge in [-0.15, -0.1) is 11.3 Å².